The first-order valence-corrected chi connectivity index (χ1v) is 9.25. The number of benzene rings is 1. The van der Waals surface area contributed by atoms with Crippen molar-refractivity contribution in [2.45, 2.75) is 20.0 Å². The molecule has 1 aromatic carbocycles. The van der Waals surface area contributed by atoms with Gasteiger partial charge >= 0.3 is 6.18 Å². The van der Waals surface area contributed by atoms with Gasteiger partial charge in [0.1, 0.15) is 0 Å². The van der Waals surface area contributed by atoms with E-state index in [1.807, 2.05) is 30.7 Å². The minimum Gasteiger partial charge on any atom is -0.353 e. The third kappa shape index (κ3) is 5.04. The Hall–Kier alpha value is -1.41. The molecule has 9 heteroatoms. The Morgan fingerprint density at radius 3 is 2.52 bits per heavy atom. The van der Waals surface area contributed by atoms with Crippen LogP contribution in [0.15, 0.2) is 28.2 Å². The summed E-state index contributed by atoms with van der Waals surface area (Å²) >= 11 is 7.66. The topological polar surface area (TPSA) is 31.2 Å². The number of amidine groups is 1. The van der Waals surface area contributed by atoms with Crippen LogP contribution in [0, 0.1) is 0 Å². The van der Waals surface area contributed by atoms with Crippen LogP contribution in [0.5, 0.6) is 0 Å². The lowest BCUT2D eigenvalue weighted by atomic mass is 10.2. The van der Waals surface area contributed by atoms with Crippen LogP contribution in [0.2, 0.25) is 5.02 Å². The smallest absolute Gasteiger partial charge is 0.353 e. The van der Waals surface area contributed by atoms with E-state index in [1.165, 1.54) is 6.07 Å². The molecular weight excluding hydrogens is 373 g/mol. The van der Waals surface area contributed by atoms with Gasteiger partial charge in [0.15, 0.2) is 5.17 Å². The quantitative estimate of drug-likeness (QED) is 0.550. The number of nitrogens with zero attached hydrogens (tertiary/aromatic N) is 4. The van der Waals surface area contributed by atoms with Gasteiger partial charge in [-0.15, -0.1) is 0 Å². The van der Waals surface area contributed by atoms with Gasteiger partial charge in [-0.3, -0.25) is 0 Å². The molecule has 1 saturated heterocycles. The molecule has 0 radical (unpaired) electrons. The summed E-state index contributed by atoms with van der Waals surface area (Å²) in [7, 11) is 1.93. The Balaban J connectivity index is 2.50. The van der Waals surface area contributed by atoms with E-state index < -0.39 is 11.7 Å². The second-order valence-electron chi connectivity index (χ2n) is 5.41. The zero-order chi connectivity index (χ0) is 18.6. The molecule has 1 aliphatic rings. The molecular formula is C16H20ClF3N4S. The first-order chi connectivity index (χ1) is 11.8. The Bertz CT molecular complexity index is 672. The first kappa shape index (κ1) is 19.9. The van der Waals surface area contributed by atoms with Gasteiger partial charge in [0.2, 0.25) is 5.96 Å². The summed E-state index contributed by atoms with van der Waals surface area (Å²) < 4.78 is 38.9. The highest BCUT2D eigenvalue weighted by Crippen LogP contribution is 2.35. The molecule has 0 bridgehead atoms. The number of halogens is 4. The number of thioether (sulfide) groups is 1. The number of guanidine groups is 1. The third-order valence-electron chi connectivity index (χ3n) is 3.72. The van der Waals surface area contributed by atoms with E-state index in [9.17, 15) is 13.2 Å². The molecule has 0 spiro atoms. The van der Waals surface area contributed by atoms with Crippen molar-refractivity contribution in [2.24, 2.45) is 9.98 Å². The molecule has 1 aliphatic heterocycles. The van der Waals surface area contributed by atoms with Crippen molar-refractivity contribution < 1.29 is 13.2 Å². The number of hydrogen-bond donors (Lipinski definition) is 0. The minimum absolute atomic E-state index is 0.0633. The Labute approximate surface area is 154 Å². The maximum absolute atomic E-state index is 13.0. The zero-order valence-corrected chi connectivity index (χ0v) is 15.8. The van der Waals surface area contributed by atoms with Crippen LogP contribution in [-0.2, 0) is 6.18 Å². The van der Waals surface area contributed by atoms with Crippen LogP contribution >= 0.6 is 23.4 Å². The van der Waals surface area contributed by atoms with E-state index in [-0.39, 0.29) is 10.7 Å². The summed E-state index contributed by atoms with van der Waals surface area (Å²) in [6, 6.07) is 3.12. The van der Waals surface area contributed by atoms with Crippen molar-refractivity contribution >= 4 is 40.2 Å². The average Bonchev–Trinajstić information content (AvgIpc) is 2.94. The molecule has 0 aromatic heterocycles. The van der Waals surface area contributed by atoms with Crippen molar-refractivity contribution in [3.63, 3.8) is 0 Å². The van der Waals surface area contributed by atoms with Crippen LogP contribution in [0.3, 0.4) is 0 Å². The van der Waals surface area contributed by atoms with Crippen LogP contribution in [0.4, 0.5) is 18.9 Å². The molecule has 4 nitrogen and oxygen atoms in total. The van der Waals surface area contributed by atoms with Crippen LogP contribution in [0.1, 0.15) is 19.4 Å². The number of rotatable bonds is 3. The summed E-state index contributed by atoms with van der Waals surface area (Å²) in [6.07, 6.45) is -4.45. The van der Waals surface area contributed by atoms with Gasteiger partial charge in [-0.2, -0.15) is 18.2 Å². The summed E-state index contributed by atoms with van der Waals surface area (Å²) in [6.45, 7) is 6.03. The third-order valence-corrected chi connectivity index (χ3v) is 5.09. The van der Waals surface area contributed by atoms with Crippen molar-refractivity contribution in [2.75, 3.05) is 32.4 Å². The number of hydrogen-bond acceptors (Lipinski definition) is 2. The van der Waals surface area contributed by atoms with E-state index in [4.69, 9.17) is 11.6 Å². The Morgan fingerprint density at radius 2 is 2.00 bits per heavy atom. The van der Waals surface area contributed by atoms with Crippen molar-refractivity contribution in [1.29, 1.82) is 0 Å². The van der Waals surface area contributed by atoms with E-state index >= 15 is 0 Å². The Morgan fingerprint density at radius 1 is 1.32 bits per heavy atom. The molecule has 2 rings (SSSR count). The predicted molar refractivity (Wildman–Crippen MR) is 99.0 cm³/mol. The zero-order valence-electron chi connectivity index (χ0n) is 14.3. The summed E-state index contributed by atoms with van der Waals surface area (Å²) in [5.41, 5.74) is -0.719. The van der Waals surface area contributed by atoms with Crippen LogP contribution in [0.25, 0.3) is 0 Å². The standard InChI is InChI=1S/C16H20ClF3N4S/c1-4-24(5-2)14(22-15-23(3)8-9-25-15)21-13-10-11(16(18,19)20)6-7-12(13)17/h6-7,10H,4-5,8-9H2,1-3H3. The highest BCUT2D eigenvalue weighted by Gasteiger charge is 2.31. The summed E-state index contributed by atoms with van der Waals surface area (Å²) in [5.74, 6) is 1.29. The minimum atomic E-state index is -4.45. The monoisotopic (exact) mass is 392 g/mol. The molecule has 25 heavy (non-hydrogen) atoms. The number of alkyl halides is 3. The van der Waals surface area contributed by atoms with Gasteiger partial charge in [-0.05, 0) is 32.0 Å². The number of aliphatic imine (C=N–C) groups is 2. The van der Waals surface area contributed by atoms with Gasteiger partial charge < -0.3 is 9.80 Å². The van der Waals surface area contributed by atoms with Gasteiger partial charge in [-0.1, -0.05) is 23.4 Å². The Kier molecular flexibility index (Phi) is 6.62. The lowest BCUT2D eigenvalue weighted by Crippen LogP contribution is -2.31. The van der Waals surface area contributed by atoms with Gasteiger partial charge in [0.25, 0.3) is 0 Å². The highest BCUT2D eigenvalue weighted by molar-refractivity contribution is 8.14. The summed E-state index contributed by atoms with van der Waals surface area (Å²) in [4.78, 5) is 12.8. The molecule has 138 valence electrons. The SMILES string of the molecule is CCN(CC)C(N=C1SCCN1C)=Nc1cc(C(F)(F)F)ccc1Cl. The normalized spacial score (nSPS) is 17.5. The van der Waals surface area contributed by atoms with Crippen molar-refractivity contribution in [1.82, 2.24) is 9.80 Å². The summed E-state index contributed by atoms with van der Waals surface area (Å²) in [5, 5.41) is 0.957. The predicted octanol–water partition coefficient (Wildman–Crippen LogP) is 4.72. The molecule has 1 aromatic rings. The fourth-order valence-corrected chi connectivity index (χ4v) is 3.40. The largest absolute Gasteiger partial charge is 0.416 e. The first-order valence-electron chi connectivity index (χ1n) is 7.89. The highest BCUT2D eigenvalue weighted by atomic mass is 35.5. The maximum atomic E-state index is 13.0. The second kappa shape index (κ2) is 8.31. The van der Waals surface area contributed by atoms with Crippen LogP contribution < -0.4 is 0 Å². The molecule has 1 fully saturated rings. The lowest BCUT2D eigenvalue weighted by Gasteiger charge is -2.21. The molecule has 0 aliphatic carbocycles. The fourth-order valence-electron chi connectivity index (χ4n) is 2.24. The fraction of sp³-hybridized carbons (Fsp3) is 0.500. The van der Waals surface area contributed by atoms with Crippen LogP contribution in [-0.4, -0.2) is 53.4 Å². The maximum Gasteiger partial charge on any atom is 0.416 e. The molecule has 0 saturated carbocycles. The average molecular weight is 393 g/mol. The van der Waals surface area contributed by atoms with Gasteiger partial charge in [-0.25, -0.2) is 4.99 Å². The molecule has 1 heterocycles. The van der Waals surface area contributed by atoms with Gasteiger partial charge in [0, 0.05) is 32.4 Å². The molecule has 0 atom stereocenters. The lowest BCUT2D eigenvalue weighted by molar-refractivity contribution is -0.137. The van der Waals surface area contributed by atoms with Crippen molar-refractivity contribution in [3.8, 4) is 0 Å². The second-order valence-corrected chi connectivity index (χ2v) is 6.88. The van der Waals surface area contributed by atoms with E-state index in [2.05, 4.69) is 9.98 Å². The molecule has 0 amide bonds. The van der Waals surface area contributed by atoms with Crippen molar-refractivity contribution in [3.05, 3.63) is 28.8 Å². The van der Waals surface area contributed by atoms with E-state index in [0.29, 0.717) is 19.0 Å². The molecule has 0 unspecified atom stereocenters. The van der Waals surface area contributed by atoms with E-state index in [1.54, 1.807) is 11.8 Å². The molecule has 0 N–H and O–H groups in total. The van der Waals surface area contributed by atoms with Gasteiger partial charge in [0.05, 0.1) is 16.3 Å². The van der Waals surface area contributed by atoms with E-state index in [0.717, 1.165) is 29.6 Å².